The lowest BCUT2D eigenvalue weighted by atomic mass is 10.1. The van der Waals surface area contributed by atoms with E-state index in [0.29, 0.717) is 5.58 Å². The van der Waals surface area contributed by atoms with Crippen molar-refractivity contribution in [3.63, 3.8) is 0 Å². The Morgan fingerprint density at radius 3 is 2.65 bits per heavy atom. The second-order valence-corrected chi connectivity index (χ2v) is 6.23. The quantitative estimate of drug-likeness (QED) is 0.764. The monoisotopic (exact) mass is 289 g/mol. The summed E-state index contributed by atoms with van der Waals surface area (Å²) in [6, 6.07) is 8.68. The Labute approximate surface area is 121 Å². The zero-order chi connectivity index (χ0) is 14.3. The lowest BCUT2D eigenvalue weighted by Crippen LogP contribution is -2.15. The first-order chi connectivity index (χ1) is 9.58. The van der Waals surface area contributed by atoms with E-state index in [2.05, 4.69) is 25.2 Å². The van der Waals surface area contributed by atoms with Gasteiger partial charge in [0.2, 0.25) is 0 Å². The third-order valence-electron chi connectivity index (χ3n) is 3.54. The van der Waals surface area contributed by atoms with Crippen LogP contribution in [0.15, 0.2) is 34.7 Å². The summed E-state index contributed by atoms with van der Waals surface area (Å²) in [5.74, 6) is 0.572. The number of fused-ring (bicyclic) bond motifs is 1. The normalized spacial score (nSPS) is 13.0. The van der Waals surface area contributed by atoms with Gasteiger partial charge in [-0.05, 0) is 56.8 Å². The molecule has 1 unspecified atom stereocenters. The van der Waals surface area contributed by atoms with E-state index in [1.807, 2.05) is 13.1 Å². The zero-order valence-corrected chi connectivity index (χ0v) is 12.5. The van der Waals surface area contributed by atoms with Gasteiger partial charge in [0.25, 0.3) is 0 Å². The van der Waals surface area contributed by atoms with Gasteiger partial charge in [0.15, 0.2) is 0 Å². The van der Waals surface area contributed by atoms with Crippen LogP contribution in [0.2, 0.25) is 0 Å². The molecule has 0 aliphatic carbocycles. The first-order valence-corrected chi connectivity index (χ1v) is 7.33. The van der Waals surface area contributed by atoms with Gasteiger partial charge in [0.1, 0.15) is 23.2 Å². The Balaban J connectivity index is 2.06. The molecule has 0 aliphatic heterocycles. The summed E-state index contributed by atoms with van der Waals surface area (Å²) in [4.78, 5) is 2.52. The predicted octanol–water partition coefficient (Wildman–Crippen LogP) is 4.56. The molecule has 0 radical (unpaired) electrons. The Hall–Kier alpha value is -1.65. The van der Waals surface area contributed by atoms with Crippen LogP contribution in [-0.2, 0) is 0 Å². The maximum absolute atomic E-state index is 13.3. The van der Waals surface area contributed by atoms with Crippen LogP contribution in [0.5, 0.6) is 0 Å². The molecule has 3 rings (SSSR count). The van der Waals surface area contributed by atoms with E-state index in [4.69, 9.17) is 4.42 Å². The van der Waals surface area contributed by atoms with Crippen LogP contribution in [0.25, 0.3) is 11.0 Å². The number of hydrogen-bond acceptors (Lipinski definition) is 3. The zero-order valence-electron chi connectivity index (χ0n) is 11.7. The number of benzene rings is 1. The molecule has 3 aromatic rings. The van der Waals surface area contributed by atoms with Crippen molar-refractivity contribution in [1.29, 1.82) is 0 Å². The molecule has 0 spiro atoms. The van der Waals surface area contributed by atoms with Crippen molar-refractivity contribution in [1.82, 2.24) is 5.32 Å². The SMILES string of the molecule is CNC(c1cc2cc(F)ccc2o1)c1cc(C)c(C)s1. The third-order valence-corrected chi connectivity index (χ3v) is 4.76. The maximum atomic E-state index is 13.3. The summed E-state index contributed by atoms with van der Waals surface area (Å²) in [5.41, 5.74) is 2.00. The number of rotatable bonds is 3. The van der Waals surface area contributed by atoms with Crippen LogP contribution in [0.4, 0.5) is 4.39 Å². The Morgan fingerprint density at radius 2 is 2.00 bits per heavy atom. The van der Waals surface area contributed by atoms with Crippen molar-refractivity contribution < 1.29 is 8.81 Å². The van der Waals surface area contributed by atoms with Crippen molar-refractivity contribution >= 4 is 22.3 Å². The van der Waals surface area contributed by atoms with Crippen LogP contribution < -0.4 is 5.32 Å². The molecule has 1 atom stereocenters. The molecule has 0 saturated heterocycles. The van der Waals surface area contributed by atoms with Crippen molar-refractivity contribution in [3.05, 3.63) is 57.2 Å². The smallest absolute Gasteiger partial charge is 0.134 e. The fourth-order valence-corrected chi connectivity index (χ4v) is 3.51. The van der Waals surface area contributed by atoms with Crippen molar-refractivity contribution in [2.45, 2.75) is 19.9 Å². The van der Waals surface area contributed by atoms with E-state index in [9.17, 15) is 4.39 Å². The highest BCUT2D eigenvalue weighted by Crippen LogP contribution is 2.33. The summed E-state index contributed by atoms with van der Waals surface area (Å²) in [5, 5.41) is 4.07. The van der Waals surface area contributed by atoms with E-state index in [1.165, 1.54) is 27.5 Å². The molecule has 0 bridgehead atoms. The highest BCUT2D eigenvalue weighted by molar-refractivity contribution is 7.12. The summed E-state index contributed by atoms with van der Waals surface area (Å²) < 4.78 is 19.1. The molecule has 20 heavy (non-hydrogen) atoms. The van der Waals surface area contributed by atoms with Crippen LogP contribution >= 0.6 is 11.3 Å². The lowest BCUT2D eigenvalue weighted by Gasteiger charge is -2.11. The molecule has 0 aliphatic rings. The molecule has 104 valence electrons. The summed E-state index contributed by atoms with van der Waals surface area (Å²) in [6.07, 6.45) is 0. The summed E-state index contributed by atoms with van der Waals surface area (Å²) in [6.45, 7) is 4.22. The molecule has 4 heteroatoms. The summed E-state index contributed by atoms with van der Waals surface area (Å²) >= 11 is 1.76. The van der Waals surface area contributed by atoms with Crippen LogP contribution in [-0.4, -0.2) is 7.05 Å². The lowest BCUT2D eigenvalue weighted by molar-refractivity contribution is 0.495. The van der Waals surface area contributed by atoms with Gasteiger partial charge >= 0.3 is 0 Å². The van der Waals surface area contributed by atoms with E-state index < -0.39 is 0 Å². The van der Waals surface area contributed by atoms with E-state index in [1.54, 1.807) is 17.4 Å². The van der Waals surface area contributed by atoms with Crippen LogP contribution in [0.1, 0.15) is 27.1 Å². The molecule has 0 amide bonds. The first kappa shape index (κ1) is 13.3. The topological polar surface area (TPSA) is 25.2 Å². The molecule has 1 N–H and O–H groups in total. The number of halogens is 1. The van der Waals surface area contributed by atoms with Gasteiger partial charge in [-0.3, -0.25) is 0 Å². The van der Waals surface area contributed by atoms with Gasteiger partial charge < -0.3 is 9.73 Å². The molecule has 0 saturated carbocycles. The molecular weight excluding hydrogens is 273 g/mol. The van der Waals surface area contributed by atoms with E-state index in [0.717, 1.165) is 11.1 Å². The number of hydrogen-bond donors (Lipinski definition) is 1. The van der Waals surface area contributed by atoms with E-state index in [-0.39, 0.29) is 11.9 Å². The Morgan fingerprint density at radius 1 is 1.20 bits per heavy atom. The average molecular weight is 289 g/mol. The molecule has 2 nitrogen and oxygen atoms in total. The maximum Gasteiger partial charge on any atom is 0.134 e. The average Bonchev–Trinajstić information content (AvgIpc) is 2.95. The minimum Gasteiger partial charge on any atom is -0.459 e. The number of aryl methyl sites for hydroxylation is 2. The highest BCUT2D eigenvalue weighted by atomic mass is 32.1. The van der Waals surface area contributed by atoms with Crippen LogP contribution in [0.3, 0.4) is 0 Å². The number of thiophene rings is 1. The Kier molecular flexibility index (Phi) is 3.36. The molecule has 2 aromatic heterocycles. The van der Waals surface area contributed by atoms with Crippen LogP contribution in [0, 0.1) is 19.7 Å². The Bertz CT molecular complexity index is 740. The fraction of sp³-hybridized carbons (Fsp3) is 0.250. The van der Waals surface area contributed by atoms with Gasteiger partial charge in [-0.15, -0.1) is 11.3 Å². The molecule has 1 aromatic carbocycles. The minimum absolute atomic E-state index is 0.00265. The number of furan rings is 1. The van der Waals surface area contributed by atoms with Gasteiger partial charge in [-0.1, -0.05) is 0 Å². The highest BCUT2D eigenvalue weighted by Gasteiger charge is 2.19. The minimum atomic E-state index is -0.242. The van der Waals surface area contributed by atoms with Crippen molar-refractivity contribution in [2.75, 3.05) is 7.05 Å². The molecule has 0 fully saturated rings. The van der Waals surface area contributed by atoms with Gasteiger partial charge in [0, 0.05) is 15.1 Å². The molecule has 2 heterocycles. The first-order valence-electron chi connectivity index (χ1n) is 6.51. The second-order valence-electron chi connectivity index (χ2n) is 4.94. The van der Waals surface area contributed by atoms with Gasteiger partial charge in [-0.2, -0.15) is 0 Å². The largest absolute Gasteiger partial charge is 0.459 e. The fourth-order valence-electron chi connectivity index (χ4n) is 2.35. The second kappa shape index (κ2) is 5.04. The molecular formula is C16H16FNOS. The van der Waals surface area contributed by atoms with Crippen molar-refractivity contribution in [3.8, 4) is 0 Å². The van der Waals surface area contributed by atoms with Gasteiger partial charge in [0.05, 0.1) is 0 Å². The summed E-state index contributed by atoms with van der Waals surface area (Å²) in [7, 11) is 1.91. The van der Waals surface area contributed by atoms with E-state index >= 15 is 0 Å². The van der Waals surface area contributed by atoms with Crippen molar-refractivity contribution in [2.24, 2.45) is 0 Å². The predicted molar refractivity (Wildman–Crippen MR) is 80.9 cm³/mol. The number of nitrogens with one attached hydrogen (secondary N) is 1. The standard InChI is InChI=1S/C16H16FNOS/c1-9-6-15(20-10(9)2)16(18-3)14-8-11-7-12(17)4-5-13(11)19-14/h4-8,16,18H,1-3H3. The third kappa shape index (κ3) is 2.25. The van der Waals surface area contributed by atoms with Gasteiger partial charge in [-0.25, -0.2) is 4.39 Å².